The van der Waals surface area contributed by atoms with Crippen molar-refractivity contribution < 1.29 is 4.74 Å². The van der Waals surface area contributed by atoms with E-state index >= 15 is 0 Å². The summed E-state index contributed by atoms with van der Waals surface area (Å²) in [7, 11) is 1.60. The van der Waals surface area contributed by atoms with E-state index in [-0.39, 0.29) is 0 Å². The number of hydrogen-bond donors (Lipinski definition) is 1. The second-order valence-electron chi connectivity index (χ2n) is 3.56. The van der Waals surface area contributed by atoms with Gasteiger partial charge in [0.2, 0.25) is 0 Å². The fraction of sp³-hybridized carbons (Fsp3) is 0.364. The molecule has 2 aromatic rings. The maximum atomic E-state index is 5.75. The molecule has 2 rings (SSSR count). The molecule has 2 N–H and O–H groups in total. The van der Waals surface area contributed by atoms with Crippen LogP contribution in [0.5, 0.6) is 0 Å². The number of hydrogen-bond acceptors (Lipinski definition) is 5. The Hall–Kier alpha value is -1.95. The van der Waals surface area contributed by atoms with E-state index in [1.54, 1.807) is 19.4 Å². The average Bonchev–Trinajstić information content (AvgIpc) is 2.76. The maximum Gasteiger partial charge on any atom is 0.157 e. The van der Waals surface area contributed by atoms with Gasteiger partial charge in [0.1, 0.15) is 12.4 Å². The molecule has 2 heterocycles. The van der Waals surface area contributed by atoms with Crippen LogP contribution in [0.15, 0.2) is 18.3 Å². The van der Waals surface area contributed by atoms with Crippen molar-refractivity contribution in [1.82, 2.24) is 19.7 Å². The molecule has 0 saturated heterocycles. The molecule has 0 saturated carbocycles. The molecular formula is C11H15N5O. The van der Waals surface area contributed by atoms with Gasteiger partial charge in [-0.25, -0.2) is 9.97 Å². The van der Waals surface area contributed by atoms with Crippen LogP contribution in [0.1, 0.15) is 12.7 Å². The van der Waals surface area contributed by atoms with E-state index in [4.69, 9.17) is 10.5 Å². The van der Waals surface area contributed by atoms with Gasteiger partial charge < -0.3 is 10.5 Å². The Morgan fingerprint density at radius 1 is 1.41 bits per heavy atom. The first-order valence-electron chi connectivity index (χ1n) is 5.39. The van der Waals surface area contributed by atoms with Crippen LogP contribution in [0, 0.1) is 0 Å². The van der Waals surface area contributed by atoms with Gasteiger partial charge in [0.25, 0.3) is 0 Å². The zero-order valence-corrected chi connectivity index (χ0v) is 9.92. The Morgan fingerprint density at radius 3 is 2.94 bits per heavy atom. The van der Waals surface area contributed by atoms with Crippen molar-refractivity contribution in [1.29, 1.82) is 0 Å². The van der Waals surface area contributed by atoms with Crippen molar-refractivity contribution in [2.75, 3.05) is 12.8 Å². The first-order chi connectivity index (χ1) is 8.24. The lowest BCUT2D eigenvalue weighted by Crippen LogP contribution is -2.05. The van der Waals surface area contributed by atoms with E-state index in [0.29, 0.717) is 18.2 Å². The average molecular weight is 233 g/mol. The number of methoxy groups -OCH3 is 1. The van der Waals surface area contributed by atoms with Crippen molar-refractivity contribution in [3.05, 3.63) is 24.2 Å². The summed E-state index contributed by atoms with van der Waals surface area (Å²) in [6.45, 7) is 3.15. The Labute approximate surface area is 99.4 Å². The van der Waals surface area contributed by atoms with E-state index in [1.165, 1.54) is 0 Å². The number of aryl methyl sites for hydroxylation is 1. The molecule has 0 unspecified atom stereocenters. The van der Waals surface area contributed by atoms with E-state index in [0.717, 1.165) is 17.9 Å². The predicted molar refractivity (Wildman–Crippen MR) is 64.1 cm³/mol. The van der Waals surface area contributed by atoms with Gasteiger partial charge in [-0.15, -0.1) is 0 Å². The van der Waals surface area contributed by atoms with Gasteiger partial charge in [-0.3, -0.25) is 4.68 Å². The normalized spacial score (nSPS) is 10.7. The van der Waals surface area contributed by atoms with Crippen LogP contribution < -0.4 is 5.73 Å². The zero-order chi connectivity index (χ0) is 12.3. The summed E-state index contributed by atoms with van der Waals surface area (Å²) in [5.74, 6) is 1.01. The summed E-state index contributed by atoms with van der Waals surface area (Å²) < 4.78 is 6.87. The molecule has 6 nitrogen and oxygen atoms in total. The summed E-state index contributed by atoms with van der Waals surface area (Å²) in [6.07, 6.45) is 1.74. The van der Waals surface area contributed by atoms with Crippen molar-refractivity contribution in [3.8, 4) is 11.4 Å². The largest absolute Gasteiger partial charge is 0.384 e. The van der Waals surface area contributed by atoms with Gasteiger partial charge in [0.05, 0.1) is 11.4 Å². The third-order valence-corrected chi connectivity index (χ3v) is 2.34. The van der Waals surface area contributed by atoms with Gasteiger partial charge in [-0.05, 0) is 13.0 Å². The minimum absolute atomic E-state index is 0.346. The number of nitrogen functional groups attached to an aromatic ring is 1. The van der Waals surface area contributed by atoms with Crippen molar-refractivity contribution in [3.63, 3.8) is 0 Å². The first-order valence-corrected chi connectivity index (χ1v) is 5.39. The lowest BCUT2D eigenvalue weighted by atomic mass is 10.3. The van der Waals surface area contributed by atoms with Gasteiger partial charge in [-0.1, -0.05) is 0 Å². The molecule has 0 aromatic carbocycles. The molecule has 0 aliphatic rings. The lowest BCUT2D eigenvalue weighted by Gasteiger charge is -2.07. The van der Waals surface area contributed by atoms with Crippen LogP contribution in [-0.4, -0.2) is 26.9 Å². The van der Waals surface area contributed by atoms with E-state index in [1.807, 2.05) is 17.7 Å². The monoisotopic (exact) mass is 233 g/mol. The molecular weight excluding hydrogens is 218 g/mol. The minimum atomic E-state index is 0.346. The molecule has 2 aromatic heterocycles. The first kappa shape index (κ1) is 11.5. The summed E-state index contributed by atoms with van der Waals surface area (Å²) in [5, 5.41) is 4.20. The Bertz CT molecular complexity index is 508. The topological polar surface area (TPSA) is 78.9 Å². The summed E-state index contributed by atoms with van der Waals surface area (Å²) in [4.78, 5) is 8.50. The molecule has 0 aliphatic carbocycles. The number of nitrogens with zero attached hydrogens (tertiary/aromatic N) is 4. The Kier molecular flexibility index (Phi) is 3.34. The fourth-order valence-corrected chi connectivity index (χ4v) is 1.64. The predicted octanol–water partition coefficient (Wildman–Crippen LogP) is 1.09. The fourth-order valence-electron chi connectivity index (χ4n) is 1.64. The van der Waals surface area contributed by atoms with E-state index in [2.05, 4.69) is 15.1 Å². The lowest BCUT2D eigenvalue weighted by molar-refractivity contribution is 0.178. The van der Waals surface area contributed by atoms with Crippen LogP contribution in [0.4, 0.5) is 5.82 Å². The molecule has 0 spiro atoms. The van der Waals surface area contributed by atoms with Crippen LogP contribution in [0.25, 0.3) is 11.4 Å². The summed E-state index contributed by atoms with van der Waals surface area (Å²) in [6, 6.07) is 3.64. The second kappa shape index (κ2) is 4.92. The highest BCUT2D eigenvalue weighted by molar-refractivity contribution is 5.57. The van der Waals surface area contributed by atoms with Crippen molar-refractivity contribution in [2.24, 2.45) is 0 Å². The van der Waals surface area contributed by atoms with Gasteiger partial charge >= 0.3 is 0 Å². The number of ether oxygens (including phenoxy) is 1. The Morgan fingerprint density at radius 2 is 2.24 bits per heavy atom. The minimum Gasteiger partial charge on any atom is -0.384 e. The maximum absolute atomic E-state index is 5.75. The highest BCUT2D eigenvalue weighted by Crippen LogP contribution is 2.18. The number of nitrogens with two attached hydrogens (primary N) is 1. The summed E-state index contributed by atoms with van der Waals surface area (Å²) in [5.41, 5.74) is 7.45. The molecule has 0 aliphatic heterocycles. The van der Waals surface area contributed by atoms with Gasteiger partial charge in [0, 0.05) is 25.9 Å². The highest BCUT2D eigenvalue weighted by atomic mass is 16.5. The molecule has 90 valence electrons. The van der Waals surface area contributed by atoms with Crippen molar-refractivity contribution in [2.45, 2.75) is 20.1 Å². The molecule has 0 atom stereocenters. The van der Waals surface area contributed by atoms with Gasteiger partial charge in [-0.2, -0.15) is 5.10 Å². The third kappa shape index (κ3) is 2.42. The smallest absolute Gasteiger partial charge is 0.157 e. The third-order valence-electron chi connectivity index (χ3n) is 2.34. The molecule has 6 heteroatoms. The van der Waals surface area contributed by atoms with E-state index < -0.39 is 0 Å². The standard InChI is InChI=1S/C11H15N5O/c1-3-16-9(4-5-13-16)8-6-10(12)15-11(14-8)7-17-2/h4-6H,3,7H2,1-2H3,(H2,12,14,15). The van der Waals surface area contributed by atoms with E-state index in [9.17, 15) is 0 Å². The molecule has 0 amide bonds. The zero-order valence-electron chi connectivity index (χ0n) is 9.92. The molecule has 0 radical (unpaired) electrons. The number of aromatic nitrogens is 4. The van der Waals surface area contributed by atoms with Crippen molar-refractivity contribution >= 4 is 5.82 Å². The van der Waals surface area contributed by atoms with Gasteiger partial charge in [0.15, 0.2) is 5.82 Å². The quantitative estimate of drug-likeness (QED) is 0.855. The van der Waals surface area contributed by atoms with Crippen LogP contribution in [0.2, 0.25) is 0 Å². The van der Waals surface area contributed by atoms with Crippen LogP contribution >= 0.6 is 0 Å². The number of rotatable bonds is 4. The second-order valence-corrected chi connectivity index (χ2v) is 3.56. The molecule has 17 heavy (non-hydrogen) atoms. The number of anilines is 1. The SMILES string of the molecule is CCn1nccc1-c1cc(N)nc(COC)n1. The highest BCUT2D eigenvalue weighted by Gasteiger charge is 2.09. The summed E-state index contributed by atoms with van der Waals surface area (Å²) >= 11 is 0. The molecule has 0 bridgehead atoms. The van der Waals surface area contributed by atoms with Crippen LogP contribution in [-0.2, 0) is 17.9 Å². The van der Waals surface area contributed by atoms with Crippen LogP contribution in [0.3, 0.4) is 0 Å². The Balaban J connectivity index is 2.44. The molecule has 0 fully saturated rings.